The van der Waals surface area contributed by atoms with E-state index in [0.717, 1.165) is 16.8 Å². The third kappa shape index (κ3) is 3.49. The first-order valence-corrected chi connectivity index (χ1v) is 6.66. The molecule has 6 heteroatoms. The van der Waals surface area contributed by atoms with Gasteiger partial charge in [0.05, 0.1) is 4.92 Å². The summed E-state index contributed by atoms with van der Waals surface area (Å²) in [5.74, 6) is -0.292. The van der Waals surface area contributed by atoms with Crippen LogP contribution in [-0.2, 0) is 6.54 Å². The zero-order valence-corrected chi connectivity index (χ0v) is 12.4. The van der Waals surface area contributed by atoms with Gasteiger partial charge in [-0.15, -0.1) is 0 Å². The fraction of sp³-hybridized carbons (Fsp3) is 0.200. The van der Waals surface area contributed by atoms with Crippen molar-refractivity contribution < 1.29 is 9.31 Å². The van der Waals surface area contributed by atoms with Crippen LogP contribution in [0.3, 0.4) is 0 Å². The number of nitro benzene ring substituents is 1. The molecule has 2 rings (SSSR count). The number of aryl methyl sites for hydroxylation is 1. The molecular weight excluding hydrogens is 295 g/mol. The van der Waals surface area contributed by atoms with Gasteiger partial charge in [0.15, 0.2) is 0 Å². The second-order valence-corrected chi connectivity index (χ2v) is 5.24. The molecule has 0 bridgehead atoms. The summed E-state index contributed by atoms with van der Waals surface area (Å²) in [7, 11) is 1.83. The number of nitro groups is 1. The molecule has 0 heterocycles. The molecule has 0 radical (unpaired) electrons. The number of nitrogens with zero attached hydrogens (tertiary/aromatic N) is 2. The smallest absolute Gasteiger partial charge is 0.288 e. The minimum atomic E-state index is -0.508. The first-order chi connectivity index (χ1) is 9.88. The van der Waals surface area contributed by atoms with E-state index in [-0.39, 0.29) is 16.5 Å². The fourth-order valence-corrected chi connectivity index (χ4v) is 2.43. The van der Waals surface area contributed by atoms with Crippen LogP contribution in [-0.4, -0.2) is 12.0 Å². The van der Waals surface area contributed by atoms with Gasteiger partial charge in [-0.25, -0.2) is 4.39 Å². The monoisotopic (exact) mass is 308 g/mol. The fourth-order valence-electron chi connectivity index (χ4n) is 2.20. The van der Waals surface area contributed by atoms with Crippen LogP contribution in [0.15, 0.2) is 36.4 Å². The summed E-state index contributed by atoms with van der Waals surface area (Å²) in [6.45, 7) is 2.26. The normalized spacial score (nSPS) is 10.5. The molecule has 2 aromatic carbocycles. The minimum absolute atomic E-state index is 0.0895. The van der Waals surface area contributed by atoms with Crippen molar-refractivity contribution in [2.75, 3.05) is 11.9 Å². The van der Waals surface area contributed by atoms with Gasteiger partial charge in [0.1, 0.15) is 10.8 Å². The maximum atomic E-state index is 13.2. The van der Waals surface area contributed by atoms with Crippen molar-refractivity contribution in [2.24, 2.45) is 0 Å². The standard InChI is InChI=1S/C15H14ClFN2O2/c1-10-6-15(19(20)21)13(16)8-14(10)18(2)9-11-4-3-5-12(17)7-11/h3-8H,9H2,1-2H3. The molecule has 0 aliphatic carbocycles. The molecule has 0 atom stereocenters. The zero-order chi connectivity index (χ0) is 15.6. The number of hydrogen-bond donors (Lipinski definition) is 0. The van der Waals surface area contributed by atoms with Crippen LogP contribution in [0.4, 0.5) is 15.8 Å². The lowest BCUT2D eigenvalue weighted by atomic mass is 10.1. The molecular formula is C15H14ClFN2O2. The minimum Gasteiger partial charge on any atom is -0.370 e. The topological polar surface area (TPSA) is 46.4 Å². The summed E-state index contributed by atoms with van der Waals surface area (Å²) in [5, 5.41) is 10.9. The molecule has 0 saturated carbocycles. The Kier molecular flexibility index (Phi) is 4.43. The van der Waals surface area contributed by atoms with E-state index in [1.54, 1.807) is 19.1 Å². The number of halogens is 2. The second-order valence-electron chi connectivity index (χ2n) is 4.83. The van der Waals surface area contributed by atoms with E-state index >= 15 is 0 Å². The number of rotatable bonds is 4. The highest BCUT2D eigenvalue weighted by Crippen LogP contribution is 2.32. The Morgan fingerprint density at radius 3 is 2.67 bits per heavy atom. The molecule has 0 aliphatic rings. The third-order valence-corrected chi connectivity index (χ3v) is 3.48. The third-order valence-electron chi connectivity index (χ3n) is 3.18. The molecule has 0 aromatic heterocycles. The Labute approximate surface area is 126 Å². The number of hydrogen-bond acceptors (Lipinski definition) is 3. The van der Waals surface area contributed by atoms with E-state index in [4.69, 9.17) is 11.6 Å². The molecule has 2 aromatic rings. The largest absolute Gasteiger partial charge is 0.370 e. The average molecular weight is 309 g/mol. The highest BCUT2D eigenvalue weighted by Gasteiger charge is 2.17. The van der Waals surface area contributed by atoms with Crippen molar-refractivity contribution in [3.05, 3.63) is 68.5 Å². The zero-order valence-electron chi connectivity index (χ0n) is 11.6. The Hall–Kier alpha value is -2.14. The van der Waals surface area contributed by atoms with Gasteiger partial charge in [-0.05, 0) is 36.2 Å². The van der Waals surface area contributed by atoms with E-state index in [1.807, 2.05) is 18.0 Å². The maximum absolute atomic E-state index is 13.2. The van der Waals surface area contributed by atoms with Crippen molar-refractivity contribution in [3.8, 4) is 0 Å². The van der Waals surface area contributed by atoms with Crippen LogP contribution in [0.5, 0.6) is 0 Å². The number of anilines is 1. The first kappa shape index (κ1) is 15.3. The lowest BCUT2D eigenvalue weighted by molar-refractivity contribution is -0.384. The van der Waals surface area contributed by atoms with Crippen LogP contribution in [0, 0.1) is 22.9 Å². The molecule has 110 valence electrons. The van der Waals surface area contributed by atoms with Crippen molar-refractivity contribution in [3.63, 3.8) is 0 Å². The predicted molar refractivity (Wildman–Crippen MR) is 81.4 cm³/mol. The SMILES string of the molecule is Cc1cc([N+](=O)[O-])c(Cl)cc1N(C)Cc1cccc(F)c1. The predicted octanol–water partition coefficient (Wildman–Crippen LogP) is 4.33. The molecule has 0 fully saturated rings. The highest BCUT2D eigenvalue weighted by atomic mass is 35.5. The van der Waals surface area contributed by atoms with Gasteiger partial charge in [-0.1, -0.05) is 23.7 Å². The molecule has 0 N–H and O–H groups in total. The highest BCUT2D eigenvalue weighted by molar-refractivity contribution is 6.33. The van der Waals surface area contributed by atoms with Gasteiger partial charge in [-0.3, -0.25) is 10.1 Å². The van der Waals surface area contributed by atoms with Crippen LogP contribution in [0.1, 0.15) is 11.1 Å². The molecule has 0 spiro atoms. The summed E-state index contributed by atoms with van der Waals surface area (Å²) in [6, 6.07) is 9.32. The molecule has 0 aliphatic heterocycles. The van der Waals surface area contributed by atoms with Gasteiger partial charge in [0.2, 0.25) is 0 Å². The van der Waals surface area contributed by atoms with Gasteiger partial charge in [0.25, 0.3) is 5.69 Å². The van der Waals surface area contributed by atoms with E-state index in [1.165, 1.54) is 18.2 Å². The molecule has 0 unspecified atom stereocenters. The van der Waals surface area contributed by atoms with E-state index in [0.29, 0.717) is 6.54 Å². The van der Waals surface area contributed by atoms with Crippen molar-refractivity contribution in [1.82, 2.24) is 0 Å². The Morgan fingerprint density at radius 2 is 2.05 bits per heavy atom. The van der Waals surface area contributed by atoms with Gasteiger partial charge in [-0.2, -0.15) is 0 Å². The molecule has 4 nitrogen and oxygen atoms in total. The summed E-state index contributed by atoms with van der Waals surface area (Å²) in [5.41, 5.74) is 2.21. The first-order valence-electron chi connectivity index (χ1n) is 6.28. The van der Waals surface area contributed by atoms with E-state index < -0.39 is 4.92 Å². The average Bonchev–Trinajstić information content (AvgIpc) is 2.40. The summed E-state index contributed by atoms with van der Waals surface area (Å²) in [6.07, 6.45) is 0. The summed E-state index contributed by atoms with van der Waals surface area (Å²) < 4.78 is 13.2. The van der Waals surface area contributed by atoms with Gasteiger partial charge >= 0.3 is 0 Å². The summed E-state index contributed by atoms with van der Waals surface area (Å²) in [4.78, 5) is 12.2. The molecule has 0 saturated heterocycles. The van der Waals surface area contributed by atoms with Crippen LogP contribution < -0.4 is 4.90 Å². The Bertz CT molecular complexity index is 691. The second kappa shape index (κ2) is 6.10. The molecule has 0 amide bonds. The maximum Gasteiger partial charge on any atom is 0.288 e. The van der Waals surface area contributed by atoms with Crippen molar-refractivity contribution in [1.29, 1.82) is 0 Å². The Morgan fingerprint density at radius 1 is 1.33 bits per heavy atom. The molecule has 21 heavy (non-hydrogen) atoms. The lowest BCUT2D eigenvalue weighted by Crippen LogP contribution is -2.17. The van der Waals surface area contributed by atoms with Crippen LogP contribution >= 0.6 is 11.6 Å². The van der Waals surface area contributed by atoms with Gasteiger partial charge in [0, 0.05) is 25.3 Å². The quantitative estimate of drug-likeness (QED) is 0.624. The number of benzene rings is 2. The van der Waals surface area contributed by atoms with Crippen molar-refractivity contribution >= 4 is 23.0 Å². The summed E-state index contributed by atoms with van der Waals surface area (Å²) >= 11 is 5.94. The Balaban J connectivity index is 2.29. The van der Waals surface area contributed by atoms with Gasteiger partial charge < -0.3 is 4.90 Å². The van der Waals surface area contributed by atoms with E-state index in [9.17, 15) is 14.5 Å². The van der Waals surface area contributed by atoms with Crippen LogP contribution in [0.25, 0.3) is 0 Å². The lowest BCUT2D eigenvalue weighted by Gasteiger charge is -2.22. The van der Waals surface area contributed by atoms with E-state index in [2.05, 4.69) is 0 Å². The van der Waals surface area contributed by atoms with Crippen LogP contribution in [0.2, 0.25) is 5.02 Å². The van der Waals surface area contributed by atoms with Crippen molar-refractivity contribution in [2.45, 2.75) is 13.5 Å².